The van der Waals surface area contributed by atoms with Gasteiger partial charge in [0, 0.05) is 26.8 Å². The van der Waals surface area contributed by atoms with Crippen molar-refractivity contribution in [1.82, 2.24) is 15.5 Å². The molecule has 2 rings (SSSR count). The van der Waals surface area contributed by atoms with E-state index in [1.165, 1.54) is 4.90 Å². The van der Waals surface area contributed by atoms with Crippen LogP contribution in [-0.2, 0) is 14.3 Å². The molecule has 0 aromatic heterocycles. The van der Waals surface area contributed by atoms with Crippen LogP contribution in [-0.4, -0.2) is 68.9 Å². The molecular formula is C12H21N3O4. The van der Waals surface area contributed by atoms with Gasteiger partial charge in [0.2, 0.25) is 0 Å². The average Bonchev–Trinajstić information content (AvgIpc) is 2.94. The van der Waals surface area contributed by atoms with Gasteiger partial charge in [-0.2, -0.15) is 0 Å². The van der Waals surface area contributed by atoms with E-state index in [2.05, 4.69) is 10.6 Å². The maximum atomic E-state index is 12.2. The summed E-state index contributed by atoms with van der Waals surface area (Å²) in [6.45, 7) is 3.30. The number of carbonyl (C=O) groups excluding carboxylic acids is 2. The average molecular weight is 271 g/mol. The van der Waals surface area contributed by atoms with Gasteiger partial charge in [-0.15, -0.1) is 0 Å². The molecular weight excluding hydrogens is 250 g/mol. The minimum Gasteiger partial charge on any atom is -0.382 e. The number of hydrogen-bond acceptors (Lipinski definition) is 5. The first kappa shape index (κ1) is 14.2. The molecule has 2 heterocycles. The minimum absolute atomic E-state index is 0.112. The molecule has 1 spiro atoms. The highest BCUT2D eigenvalue weighted by atomic mass is 16.5. The highest BCUT2D eigenvalue weighted by molar-refractivity contribution is 6.07. The van der Waals surface area contributed by atoms with Crippen molar-refractivity contribution in [2.24, 2.45) is 0 Å². The molecule has 1 atom stereocenters. The Morgan fingerprint density at radius 1 is 1.32 bits per heavy atom. The maximum absolute atomic E-state index is 12.2. The Morgan fingerprint density at radius 3 is 2.84 bits per heavy atom. The molecule has 0 aromatic rings. The maximum Gasteiger partial charge on any atom is 0.325 e. The van der Waals surface area contributed by atoms with Gasteiger partial charge in [-0.25, -0.2) is 4.79 Å². The third-order valence-corrected chi connectivity index (χ3v) is 3.50. The Kier molecular flexibility index (Phi) is 4.73. The molecule has 0 bridgehead atoms. The SMILES string of the molecule is COCCOCCCN1C(=O)NC2(CCNC2)C1=O. The zero-order valence-corrected chi connectivity index (χ0v) is 11.2. The fourth-order valence-electron chi connectivity index (χ4n) is 2.43. The molecule has 0 radical (unpaired) electrons. The Morgan fingerprint density at radius 2 is 2.16 bits per heavy atom. The summed E-state index contributed by atoms with van der Waals surface area (Å²) in [5.74, 6) is -0.112. The van der Waals surface area contributed by atoms with Crippen molar-refractivity contribution < 1.29 is 19.1 Å². The topological polar surface area (TPSA) is 79.9 Å². The molecule has 2 saturated heterocycles. The van der Waals surface area contributed by atoms with Crippen molar-refractivity contribution in [3.05, 3.63) is 0 Å². The van der Waals surface area contributed by atoms with Gasteiger partial charge < -0.3 is 20.1 Å². The summed E-state index contributed by atoms with van der Waals surface area (Å²) in [4.78, 5) is 25.4. The first-order chi connectivity index (χ1) is 9.19. The smallest absolute Gasteiger partial charge is 0.325 e. The normalized spacial score (nSPS) is 26.5. The standard InChI is InChI=1S/C12H21N3O4/c1-18-7-8-19-6-2-5-15-10(16)12(14-11(15)17)3-4-13-9-12/h13H,2-9H2,1H3,(H,14,17). The van der Waals surface area contributed by atoms with E-state index >= 15 is 0 Å². The van der Waals surface area contributed by atoms with E-state index in [9.17, 15) is 9.59 Å². The van der Waals surface area contributed by atoms with Crippen LogP contribution >= 0.6 is 0 Å². The Balaban J connectivity index is 1.74. The summed E-state index contributed by atoms with van der Waals surface area (Å²) in [7, 11) is 1.62. The van der Waals surface area contributed by atoms with E-state index in [1.54, 1.807) is 7.11 Å². The molecule has 108 valence electrons. The Labute approximate surface area is 112 Å². The molecule has 3 amide bonds. The molecule has 0 saturated carbocycles. The van der Waals surface area contributed by atoms with Gasteiger partial charge in [-0.05, 0) is 19.4 Å². The van der Waals surface area contributed by atoms with E-state index in [4.69, 9.17) is 9.47 Å². The molecule has 7 heteroatoms. The van der Waals surface area contributed by atoms with Crippen molar-refractivity contribution in [1.29, 1.82) is 0 Å². The number of urea groups is 1. The molecule has 2 aliphatic rings. The number of nitrogens with one attached hydrogen (secondary N) is 2. The molecule has 19 heavy (non-hydrogen) atoms. The summed E-state index contributed by atoms with van der Waals surface area (Å²) in [6.07, 6.45) is 1.31. The predicted octanol–water partition coefficient (Wildman–Crippen LogP) is -0.677. The summed E-state index contributed by atoms with van der Waals surface area (Å²) >= 11 is 0. The fourth-order valence-corrected chi connectivity index (χ4v) is 2.43. The van der Waals surface area contributed by atoms with Gasteiger partial charge >= 0.3 is 6.03 Å². The van der Waals surface area contributed by atoms with Crippen LogP contribution in [0.25, 0.3) is 0 Å². The molecule has 1 unspecified atom stereocenters. The zero-order valence-electron chi connectivity index (χ0n) is 11.2. The number of nitrogens with zero attached hydrogens (tertiary/aromatic N) is 1. The third kappa shape index (κ3) is 3.05. The first-order valence-electron chi connectivity index (χ1n) is 6.61. The van der Waals surface area contributed by atoms with Gasteiger partial charge in [0.25, 0.3) is 5.91 Å². The molecule has 2 N–H and O–H groups in total. The molecule has 7 nitrogen and oxygen atoms in total. The van der Waals surface area contributed by atoms with Crippen LogP contribution in [0.5, 0.6) is 0 Å². The lowest BCUT2D eigenvalue weighted by Crippen LogP contribution is -2.48. The van der Waals surface area contributed by atoms with Gasteiger partial charge in [0.1, 0.15) is 5.54 Å². The molecule has 2 aliphatic heterocycles. The van der Waals surface area contributed by atoms with E-state index in [0.717, 1.165) is 6.54 Å². The fraction of sp³-hybridized carbons (Fsp3) is 0.833. The van der Waals surface area contributed by atoms with E-state index in [1.807, 2.05) is 0 Å². The Hall–Kier alpha value is -1.18. The van der Waals surface area contributed by atoms with Crippen molar-refractivity contribution in [2.75, 3.05) is 46.6 Å². The second kappa shape index (κ2) is 6.31. The largest absolute Gasteiger partial charge is 0.382 e. The lowest BCUT2D eigenvalue weighted by molar-refractivity contribution is -0.130. The van der Waals surface area contributed by atoms with Crippen molar-refractivity contribution in [3.8, 4) is 0 Å². The highest BCUT2D eigenvalue weighted by Gasteiger charge is 2.52. The quantitative estimate of drug-likeness (QED) is 0.474. The van der Waals surface area contributed by atoms with Crippen LogP contribution in [0.15, 0.2) is 0 Å². The predicted molar refractivity (Wildman–Crippen MR) is 67.8 cm³/mol. The van der Waals surface area contributed by atoms with Crippen LogP contribution in [0, 0.1) is 0 Å². The highest BCUT2D eigenvalue weighted by Crippen LogP contribution is 2.24. The van der Waals surface area contributed by atoms with Gasteiger partial charge in [-0.3, -0.25) is 9.69 Å². The lowest BCUT2D eigenvalue weighted by atomic mass is 9.99. The summed E-state index contributed by atoms with van der Waals surface area (Å²) in [5, 5.41) is 5.92. The number of carbonyl (C=O) groups is 2. The lowest BCUT2D eigenvalue weighted by Gasteiger charge is -2.19. The Bertz CT molecular complexity index is 342. The van der Waals surface area contributed by atoms with Crippen molar-refractivity contribution >= 4 is 11.9 Å². The molecule has 2 fully saturated rings. The van der Waals surface area contributed by atoms with Crippen LogP contribution in [0.3, 0.4) is 0 Å². The summed E-state index contributed by atoms with van der Waals surface area (Å²) in [5.41, 5.74) is -0.700. The van der Waals surface area contributed by atoms with E-state index in [0.29, 0.717) is 45.8 Å². The van der Waals surface area contributed by atoms with Gasteiger partial charge in [0.05, 0.1) is 13.2 Å². The van der Waals surface area contributed by atoms with Gasteiger partial charge in [0.15, 0.2) is 0 Å². The number of imide groups is 1. The number of hydrogen-bond donors (Lipinski definition) is 2. The number of amides is 3. The molecule has 0 aromatic carbocycles. The van der Waals surface area contributed by atoms with Gasteiger partial charge in [-0.1, -0.05) is 0 Å². The number of rotatable bonds is 7. The summed E-state index contributed by atoms with van der Waals surface area (Å²) in [6, 6.07) is -0.286. The first-order valence-corrected chi connectivity index (χ1v) is 6.61. The second-order valence-electron chi connectivity index (χ2n) is 4.85. The van der Waals surface area contributed by atoms with Crippen LogP contribution < -0.4 is 10.6 Å². The van der Waals surface area contributed by atoms with Crippen LogP contribution in [0.1, 0.15) is 12.8 Å². The van der Waals surface area contributed by atoms with Crippen molar-refractivity contribution in [3.63, 3.8) is 0 Å². The molecule has 0 aliphatic carbocycles. The minimum atomic E-state index is -0.700. The second-order valence-corrected chi connectivity index (χ2v) is 4.85. The monoisotopic (exact) mass is 271 g/mol. The van der Waals surface area contributed by atoms with E-state index in [-0.39, 0.29) is 11.9 Å². The van der Waals surface area contributed by atoms with Crippen LogP contribution in [0.2, 0.25) is 0 Å². The van der Waals surface area contributed by atoms with Crippen molar-refractivity contribution in [2.45, 2.75) is 18.4 Å². The summed E-state index contributed by atoms with van der Waals surface area (Å²) < 4.78 is 10.2. The van der Waals surface area contributed by atoms with E-state index < -0.39 is 5.54 Å². The van der Waals surface area contributed by atoms with Crippen LogP contribution in [0.4, 0.5) is 4.79 Å². The number of methoxy groups -OCH3 is 1. The number of ether oxygens (including phenoxy) is 2. The third-order valence-electron chi connectivity index (χ3n) is 3.50. The zero-order chi connectivity index (χ0) is 13.7.